The molecule has 0 spiro atoms. The van der Waals surface area contributed by atoms with Gasteiger partial charge in [0.05, 0.1) is 28.2 Å². The highest BCUT2D eigenvalue weighted by atomic mass is 35.5. The molecule has 0 radical (unpaired) electrons. The SMILES string of the molecule is Cc1c(Cl)cccc1-n1c(C(C)N(CC(C)C)C(=O)c2ccccc2F)nc2ccccc2c1=O. The van der Waals surface area contributed by atoms with Crippen LogP contribution in [0.1, 0.15) is 48.6 Å². The van der Waals surface area contributed by atoms with Crippen LogP contribution in [0.3, 0.4) is 0 Å². The molecule has 0 N–H and O–H groups in total. The summed E-state index contributed by atoms with van der Waals surface area (Å²) in [7, 11) is 0. The monoisotopic (exact) mass is 491 g/mol. The minimum absolute atomic E-state index is 0.0198. The Bertz CT molecular complexity index is 1460. The minimum atomic E-state index is -0.639. The van der Waals surface area contributed by atoms with Crippen molar-refractivity contribution < 1.29 is 9.18 Å². The van der Waals surface area contributed by atoms with E-state index in [9.17, 15) is 14.0 Å². The molecule has 180 valence electrons. The first kappa shape index (κ1) is 24.6. The van der Waals surface area contributed by atoms with Crippen molar-refractivity contribution in [1.82, 2.24) is 14.5 Å². The van der Waals surface area contributed by atoms with Crippen LogP contribution in [0.2, 0.25) is 5.02 Å². The molecule has 1 atom stereocenters. The number of fused-ring (bicyclic) bond motifs is 1. The second kappa shape index (κ2) is 10.0. The molecule has 0 bridgehead atoms. The molecule has 4 aromatic rings. The van der Waals surface area contributed by atoms with Gasteiger partial charge in [0.15, 0.2) is 0 Å². The van der Waals surface area contributed by atoms with Gasteiger partial charge in [-0.15, -0.1) is 0 Å². The van der Waals surface area contributed by atoms with Crippen LogP contribution in [0.5, 0.6) is 0 Å². The lowest BCUT2D eigenvalue weighted by Crippen LogP contribution is -2.40. The van der Waals surface area contributed by atoms with Gasteiger partial charge in [0.1, 0.15) is 11.6 Å². The molecule has 7 heteroatoms. The maximum Gasteiger partial charge on any atom is 0.266 e. The molecule has 35 heavy (non-hydrogen) atoms. The number of carbonyl (C=O) groups excluding carboxylic acids is 1. The average Bonchev–Trinajstić information content (AvgIpc) is 2.84. The molecule has 0 aliphatic carbocycles. The standard InChI is InChI=1S/C28H27ClFN3O2/c1-17(2)16-32(27(34)20-10-5-7-13-23(20)30)19(4)26-31-24-14-8-6-11-21(24)28(35)33(26)25-15-9-12-22(29)18(25)3/h5-15,17,19H,16H2,1-4H3. The van der Waals surface area contributed by atoms with E-state index in [0.717, 1.165) is 5.56 Å². The second-order valence-electron chi connectivity index (χ2n) is 9.02. The van der Waals surface area contributed by atoms with Crippen LogP contribution in [0, 0.1) is 18.7 Å². The van der Waals surface area contributed by atoms with Gasteiger partial charge in [-0.25, -0.2) is 9.37 Å². The highest BCUT2D eigenvalue weighted by Crippen LogP contribution is 2.28. The van der Waals surface area contributed by atoms with Gasteiger partial charge in [0.2, 0.25) is 0 Å². The summed E-state index contributed by atoms with van der Waals surface area (Å²) in [6.07, 6.45) is 0. The zero-order chi connectivity index (χ0) is 25.3. The number of halogens is 2. The summed E-state index contributed by atoms with van der Waals surface area (Å²) in [5.41, 5.74) is 1.56. The van der Waals surface area contributed by atoms with Crippen LogP contribution in [-0.4, -0.2) is 26.9 Å². The Hall–Kier alpha value is -3.51. The lowest BCUT2D eigenvalue weighted by Gasteiger charge is -2.32. The van der Waals surface area contributed by atoms with Gasteiger partial charge >= 0.3 is 0 Å². The quantitative estimate of drug-likeness (QED) is 0.316. The summed E-state index contributed by atoms with van der Waals surface area (Å²) in [6, 6.07) is 17.7. The van der Waals surface area contributed by atoms with Gasteiger partial charge in [-0.2, -0.15) is 0 Å². The van der Waals surface area contributed by atoms with Gasteiger partial charge in [-0.3, -0.25) is 14.2 Å². The van der Waals surface area contributed by atoms with Crippen LogP contribution in [0.25, 0.3) is 16.6 Å². The van der Waals surface area contributed by atoms with E-state index in [-0.39, 0.29) is 17.0 Å². The number of hydrogen-bond acceptors (Lipinski definition) is 3. The minimum Gasteiger partial charge on any atom is -0.328 e. The molecule has 3 aromatic carbocycles. The van der Waals surface area contributed by atoms with Gasteiger partial charge in [0, 0.05) is 11.6 Å². The number of hydrogen-bond donors (Lipinski definition) is 0. The Kier molecular flexibility index (Phi) is 7.03. The van der Waals surface area contributed by atoms with Crippen molar-refractivity contribution in [2.24, 2.45) is 5.92 Å². The van der Waals surface area contributed by atoms with Crippen LogP contribution < -0.4 is 5.56 Å². The Morgan fingerprint density at radius 2 is 1.71 bits per heavy atom. The molecule has 1 heterocycles. The second-order valence-corrected chi connectivity index (χ2v) is 9.43. The topological polar surface area (TPSA) is 55.2 Å². The number of amides is 1. The fraction of sp³-hybridized carbons (Fsp3) is 0.250. The lowest BCUT2D eigenvalue weighted by atomic mass is 10.1. The molecule has 0 fully saturated rings. The normalized spacial score (nSPS) is 12.2. The maximum atomic E-state index is 14.6. The fourth-order valence-corrected chi connectivity index (χ4v) is 4.41. The first-order valence-electron chi connectivity index (χ1n) is 11.5. The van der Waals surface area contributed by atoms with Crippen LogP contribution in [0.4, 0.5) is 4.39 Å². The molecule has 0 aliphatic heterocycles. The molecule has 0 saturated carbocycles. The van der Waals surface area contributed by atoms with E-state index in [1.165, 1.54) is 16.7 Å². The molecule has 4 rings (SSSR count). The van der Waals surface area contributed by atoms with E-state index in [2.05, 4.69) is 0 Å². The molecule has 0 aliphatic rings. The fourth-order valence-electron chi connectivity index (χ4n) is 4.24. The number of benzene rings is 3. The zero-order valence-corrected chi connectivity index (χ0v) is 20.9. The molecule has 1 unspecified atom stereocenters. The number of carbonyl (C=O) groups is 1. The third-order valence-electron chi connectivity index (χ3n) is 6.05. The molecule has 1 amide bonds. The zero-order valence-electron chi connectivity index (χ0n) is 20.1. The largest absolute Gasteiger partial charge is 0.328 e. The number of rotatable bonds is 6. The predicted molar refractivity (Wildman–Crippen MR) is 138 cm³/mol. The molecule has 0 saturated heterocycles. The average molecular weight is 492 g/mol. The van der Waals surface area contributed by atoms with Crippen molar-refractivity contribution in [3.8, 4) is 5.69 Å². The van der Waals surface area contributed by atoms with Crippen LogP contribution in [0.15, 0.2) is 71.5 Å². The summed E-state index contributed by atoms with van der Waals surface area (Å²) in [6.45, 7) is 7.97. The van der Waals surface area contributed by atoms with E-state index in [0.29, 0.717) is 34.0 Å². The predicted octanol–water partition coefficient (Wildman–Crippen LogP) is 6.35. The number of aromatic nitrogens is 2. The smallest absolute Gasteiger partial charge is 0.266 e. The van der Waals surface area contributed by atoms with Crippen LogP contribution in [-0.2, 0) is 0 Å². The highest BCUT2D eigenvalue weighted by Gasteiger charge is 2.29. The van der Waals surface area contributed by atoms with Crippen molar-refractivity contribution in [3.63, 3.8) is 0 Å². The van der Waals surface area contributed by atoms with Gasteiger partial charge < -0.3 is 4.90 Å². The van der Waals surface area contributed by atoms with Gasteiger partial charge in [0.25, 0.3) is 11.5 Å². The third kappa shape index (κ3) is 4.71. The maximum absolute atomic E-state index is 14.6. The summed E-state index contributed by atoms with van der Waals surface area (Å²) in [5, 5.41) is 0.973. The number of para-hydroxylation sites is 1. The Labute approximate surface area is 208 Å². The number of nitrogens with zero attached hydrogens (tertiary/aromatic N) is 3. The van der Waals surface area contributed by atoms with Crippen molar-refractivity contribution >= 4 is 28.4 Å². The molecular weight excluding hydrogens is 465 g/mol. The third-order valence-corrected chi connectivity index (χ3v) is 6.46. The Balaban J connectivity index is 1.97. The first-order chi connectivity index (χ1) is 16.7. The van der Waals surface area contributed by atoms with Gasteiger partial charge in [-0.05, 0) is 61.7 Å². The Morgan fingerprint density at radius 3 is 2.43 bits per heavy atom. The Morgan fingerprint density at radius 1 is 1.03 bits per heavy atom. The van der Waals surface area contributed by atoms with E-state index >= 15 is 0 Å². The van der Waals surface area contributed by atoms with Crippen molar-refractivity contribution in [2.45, 2.75) is 33.7 Å². The van der Waals surface area contributed by atoms with E-state index < -0.39 is 17.8 Å². The summed E-state index contributed by atoms with van der Waals surface area (Å²) >= 11 is 6.40. The highest BCUT2D eigenvalue weighted by molar-refractivity contribution is 6.31. The van der Waals surface area contributed by atoms with Crippen molar-refractivity contribution in [2.75, 3.05) is 6.54 Å². The van der Waals surface area contributed by atoms with Crippen LogP contribution >= 0.6 is 11.6 Å². The van der Waals surface area contributed by atoms with E-state index in [1.54, 1.807) is 53.4 Å². The summed E-state index contributed by atoms with van der Waals surface area (Å²) in [4.78, 5) is 33.8. The molecule has 5 nitrogen and oxygen atoms in total. The molecular formula is C28H27ClFN3O2. The first-order valence-corrected chi connectivity index (χ1v) is 11.9. The summed E-state index contributed by atoms with van der Waals surface area (Å²) < 4.78 is 16.1. The van der Waals surface area contributed by atoms with Crippen molar-refractivity contribution in [1.29, 1.82) is 0 Å². The van der Waals surface area contributed by atoms with E-state index in [1.807, 2.05) is 33.8 Å². The van der Waals surface area contributed by atoms with Gasteiger partial charge in [-0.1, -0.05) is 55.8 Å². The van der Waals surface area contributed by atoms with Crippen molar-refractivity contribution in [3.05, 3.63) is 105 Å². The lowest BCUT2D eigenvalue weighted by molar-refractivity contribution is 0.0650. The van der Waals surface area contributed by atoms with E-state index in [4.69, 9.17) is 16.6 Å². The summed E-state index contributed by atoms with van der Waals surface area (Å²) in [5.74, 6) is -0.569. The molecule has 1 aromatic heterocycles.